The van der Waals surface area contributed by atoms with Crippen molar-refractivity contribution >= 4 is 34.8 Å². The Bertz CT molecular complexity index is 740. The molecule has 4 rings (SSSR count). The average Bonchev–Trinajstić information content (AvgIpc) is 2.84. The van der Waals surface area contributed by atoms with Crippen LogP contribution in [0.1, 0.15) is 19.3 Å². The fourth-order valence-corrected chi connectivity index (χ4v) is 4.22. The summed E-state index contributed by atoms with van der Waals surface area (Å²) in [5, 5.41) is 8.75. The van der Waals surface area contributed by atoms with Crippen LogP contribution in [-0.4, -0.2) is 54.2 Å². The lowest BCUT2D eigenvalue weighted by molar-refractivity contribution is -0.122. The van der Waals surface area contributed by atoms with E-state index < -0.39 is 0 Å². The van der Waals surface area contributed by atoms with Crippen molar-refractivity contribution in [3.63, 3.8) is 0 Å². The Morgan fingerprint density at radius 2 is 2.00 bits per heavy atom. The van der Waals surface area contributed by atoms with Gasteiger partial charge in [-0.3, -0.25) is 4.79 Å². The van der Waals surface area contributed by atoms with E-state index in [0.717, 1.165) is 40.8 Å². The first kappa shape index (κ1) is 18.0. The Morgan fingerprint density at radius 3 is 2.80 bits per heavy atom. The molecule has 2 fully saturated rings. The van der Waals surface area contributed by atoms with E-state index in [2.05, 4.69) is 35.0 Å². The van der Waals surface area contributed by atoms with Crippen LogP contribution in [0.25, 0.3) is 10.9 Å². The Balaban J connectivity index is 0.000000569. The lowest BCUT2D eigenvalue weighted by Crippen LogP contribution is -2.39. The number of hydrogen-bond donors (Lipinski definition) is 1. The highest BCUT2D eigenvalue weighted by Crippen LogP contribution is 2.30. The number of benzene rings is 1. The number of para-hydroxylation sites is 1. The molecule has 134 valence electrons. The summed E-state index contributed by atoms with van der Waals surface area (Å²) in [6.07, 6.45) is 4.01. The third-order valence-electron chi connectivity index (χ3n) is 5.21. The van der Waals surface area contributed by atoms with Gasteiger partial charge in [-0.2, -0.15) is 0 Å². The molecular weight excluding hydrogens is 338 g/mol. The van der Waals surface area contributed by atoms with Gasteiger partial charge in [0.1, 0.15) is 5.82 Å². The largest absolute Gasteiger partial charge is 0.483 e. The Labute approximate surface area is 153 Å². The van der Waals surface area contributed by atoms with Gasteiger partial charge in [-0.15, -0.1) is 0 Å². The van der Waals surface area contributed by atoms with Crippen LogP contribution in [-0.2, 0) is 4.79 Å². The highest BCUT2D eigenvalue weighted by Gasteiger charge is 2.31. The quantitative estimate of drug-likeness (QED) is 0.788. The summed E-state index contributed by atoms with van der Waals surface area (Å²) in [7, 11) is 2.27. The van der Waals surface area contributed by atoms with Crippen LogP contribution in [0, 0.1) is 5.92 Å². The number of pyridine rings is 1. The summed E-state index contributed by atoms with van der Waals surface area (Å²) >= 11 is 6.33. The van der Waals surface area contributed by atoms with Crippen LogP contribution in [0.3, 0.4) is 0 Å². The van der Waals surface area contributed by atoms with Crippen molar-refractivity contribution in [1.29, 1.82) is 0 Å². The summed E-state index contributed by atoms with van der Waals surface area (Å²) < 4.78 is 0. The van der Waals surface area contributed by atoms with E-state index in [1.807, 2.05) is 12.1 Å². The maximum absolute atomic E-state index is 8.36. The fourth-order valence-electron chi connectivity index (χ4n) is 3.99. The molecule has 0 amide bonds. The maximum atomic E-state index is 8.36. The van der Waals surface area contributed by atoms with Crippen molar-refractivity contribution in [2.75, 3.05) is 31.6 Å². The van der Waals surface area contributed by atoms with Gasteiger partial charge in [0.05, 0.1) is 10.5 Å². The number of halogens is 1. The minimum Gasteiger partial charge on any atom is -0.483 e. The highest BCUT2D eigenvalue weighted by atomic mass is 35.5. The molecule has 0 saturated carbocycles. The number of likely N-dealkylation sites (N-methyl/N-ethyl adjacent to an activating group) is 1. The number of aromatic nitrogens is 1. The lowest BCUT2D eigenvalue weighted by Gasteiger charge is -2.30. The molecule has 3 heterocycles. The van der Waals surface area contributed by atoms with Gasteiger partial charge in [-0.1, -0.05) is 30.2 Å². The first-order valence-corrected chi connectivity index (χ1v) is 9.08. The topological polar surface area (TPSA) is 56.7 Å². The van der Waals surface area contributed by atoms with Gasteiger partial charge in [0.25, 0.3) is 6.47 Å². The molecule has 25 heavy (non-hydrogen) atoms. The summed E-state index contributed by atoms with van der Waals surface area (Å²) in [5.41, 5.74) is 0.921. The fraction of sp³-hybridized carbons (Fsp3) is 0.474. The zero-order valence-corrected chi connectivity index (χ0v) is 15.2. The van der Waals surface area contributed by atoms with E-state index in [1.165, 1.54) is 25.8 Å². The molecule has 1 N–H and O–H groups in total. The molecule has 1 aromatic heterocycles. The zero-order chi connectivity index (χ0) is 17.8. The predicted octanol–water partition coefficient (Wildman–Crippen LogP) is 3.51. The Kier molecular flexibility index (Phi) is 5.76. The smallest absolute Gasteiger partial charge is 0.290 e. The van der Waals surface area contributed by atoms with E-state index in [1.54, 1.807) is 0 Å². The summed E-state index contributed by atoms with van der Waals surface area (Å²) in [6, 6.07) is 10.9. The van der Waals surface area contributed by atoms with Gasteiger partial charge in [0, 0.05) is 31.1 Å². The van der Waals surface area contributed by atoms with Gasteiger partial charge >= 0.3 is 0 Å². The van der Waals surface area contributed by atoms with Gasteiger partial charge in [-0.05, 0) is 44.0 Å². The van der Waals surface area contributed by atoms with Crippen molar-refractivity contribution in [2.24, 2.45) is 5.92 Å². The van der Waals surface area contributed by atoms with Crippen LogP contribution in [0.15, 0.2) is 30.3 Å². The molecule has 2 bridgehead atoms. The molecule has 2 saturated heterocycles. The molecular formula is C19H24ClN3O2. The normalized spacial score (nSPS) is 23.5. The average molecular weight is 362 g/mol. The lowest BCUT2D eigenvalue weighted by atomic mass is 10.00. The molecule has 6 heteroatoms. The van der Waals surface area contributed by atoms with E-state index in [-0.39, 0.29) is 6.47 Å². The molecule has 0 spiro atoms. The molecule has 5 nitrogen and oxygen atoms in total. The van der Waals surface area contributed by atoms with Gasteiger partial charge in [0.2, 0.25) is 0 Å². The number of rotatable bonds is 1. The number of nitrogens with zero attached hydrogens (tertiary/aromatic N) is 3. The third-order valence-corrected chi connectivity index (χ3v) is 5.51. The van der Waals surface area contributed by atoms with Crippen LogP contribution in [0.5, 0.6) is 0 Å². The Morgan fingerprint density at radius 1 is 1.20 bits per heavy atom. The zero-order valence-electron chi connectivity index (χ0n) is 14.4. The molecule has 0 aliphatic carbocycles. The first-order chi connectivity index (χ1) is 12.1. The SMILES string of the molecule is CN1C[C@@H]2CCC[C@H]1CN(c1ccc3cccc(Cl)c3n1)C2.O=CO. The van der Waals surface area contributed by atoms with Crippen LogP contribution in [0.2, 0.25) is 5.02 Å². The monoisotopic (exact) mass is 361 g/mol. The second kappa shape index (κ2) is 8.02. The van der Waals surface area contributed by atoms with Gasteiger partial charge < -0.3 is 14.9 Å². The second-order valence-corrected chi connectivity index (χ2v) is 7.29. The molecule has 0 radical (unpaired) electrons. The number of fused-ring (bicyclic) bond motifs is 4. The number of carbonyl (C=O) groups is 1. The number of anilines is 1. The van der Waals surface area contributed by atoms with Crippen molar-refractivity contribution in [3.05, 3.63) is 35.4 Å². The summed E-state index contributed by atoms with van der Waals surface area (Å²) in [5.74, 6) is 1.83. The first-order valence-electron chi connectivity index (χ1n) is 8.70. The molecule has 2 aliphatic rings. The van der Waals surface area contributed by atoms with E-state index in [4.69, 9.17) is 26.5 Å². The van der Waals surface area contributed by atoms with Crippen LogP contribution < -0.4 is 4.90 Å². The minimum absolute atomic E-state index is 0.250. The van der Waals surface area contributed by atoms with Crippen LogP contribution >= 0.6 is 11.6 Å². The molecule has 2 atom stereocenters. The van der Waals surface area contributed by atoms with Gasteiger partial charge in [0.15, 0.2) is 0 Å². The predicted molar refractivity (Wildman–Crippen MR) is 101 cm³/mol. The minimum atomic E-state index is -0.250. The number of carboxylic acid groups (broad SMARTS) is 1. The van der Waals surface area contributed by atoms with E-state index in [0.29, 0.717) is 6.04 Å². The third kappa shape index (κ3) is 4.05. The van der Waals surface area contributed by atoms with E-state index in [9.17, 15) is 0 Å². The van der Waals surface area contributed by atoms with Crippen molar-refractivity contribution < 1.29 is 9.90 Å². The van der Waals surface area contributed by atoms with Crippen molar-refractivity contribution in [2.45, 2.75) is 25.3 Å². The van der Waals surface area contributed by atoms with Crippen molar-refractivity contribution in [3.8, 4) is 0 Å². The Hall–Kier alpha value is -1.85. The molecule has 1 aromatic carbocycles. The summed E-state index contributed by atoms with van der Waals surface area (Å²) in [6.45, 7) is 3.16. The van der Waals surface area contributed by atoms with Gasteiger partial charge in [-0.25, -0.2) is 4.98 Å². The van der Waals surface area contributed by atoms with E-state index >= 15 is 0 Å². The molecule has 2 aliphatic heterocycles. The van der Waals surface area contributed by atoms with Crippen LogP contribution in [0.4, 0.5) is 5.82 Å². The molecule has 2 aromatic rings. The number of hydrogen-bond acceptors (Lipinski definition) is 4. The maximum Gasteiger partial charge on any atom is 0.290 e. The summed E-state index contributed by atoms with van der Waals surface area (Å²) in [4.78, 5) is 18.2. The molecule has 0 unspecified atom stereocenters. The standard InChI is InChI=1S/C18H22ClN3.CH2O2/c1-21-10-13-4-2-6-15(21)12-22(11-13)17-9-8-14-5-3-7-16(19)18(14)20-17;2-1-3/h3,5,7-9,13,15H,2,4,6,10-12H2,1H3;1H,(H,2,3)/t13-,15-;/m0./s1. The highest BCUT2D eigenvalue weighted by molar-refractivity contribution is 6.35. The second-order valence-electron chi connectivity index (χ2n) is 6.88. The van der Waals surface area contributed by atoms with Crippen molar-refractivity contribution in [1.82, 2.24) is 9.88 Å².